The Morgan fingerprint density at radius 3 is 1.30 bits per heavy atom. The zero-order chi connectivity index (χ0) is 40.0. The molecule has 0 saturated heterocycles. The van der Waals surface area contributed by atoms with Crippen molar-refractivity contribution in [3.05, 3.63) is 211 Å². The van der Waals surface area contributed by atoms with E-state index in [9.17, 15) is 0 Å². The Bertz CT molecular complexity index is 3280. The summed E-state index contributed by atoms with van der Waals surface area (Å²) in [5.41, 5.74) is 19.0. The molecule has 9 aromatic carbocycles. The second-order valence-corrected chi connectivity index (χ2v) is 16.5. The van der Waals surface area contributed by atoms with Crippen LogP contribution in [0.5, 0.6) is 0 Å². The highest BCUT2D eigenvalue weighted by Gasteiger charge is 2.35. The summed E-state index contributed by atoms with van der Waals surface area (Å²) in [6, 6.07) is 71.8. The molecule has 12 rings (SSSR count). The fourth-order valence-corrected chi connectivity index (χ4v) is 9.66. The van der Waals surface area contributed by atoms with Gasteiger partial charge >= 0.3 is 0 Å². The molecular weight excluding hydrogens is 731 g/mol. The molecule has 0 atom stereocenters. The summed E-state index contributed by atoms with van der Waals surface area (Å²) in [4.78, 5) is 2.34. The predicted octanol–water partition coefficient (Wildman–Crippen LogP) is 16.3. The molecule has 3 nitrogen and oxygen atoms in total. The zero-order valence-electron chi connectivity index (χ0n) is 33.3. The van der Waals surface area contributed by atoms with Crippen LogP contribution in [0.25, 0.3) is 88.4 Å². The molecular formula is C57H39NO2. The summed E-state index contributed by atoms with van der Waals surface area (Å²) in [6.45, 7) is 4.68. The minimum absolute atomic E-state index is 0.0527. The van der Waals surface area contributed by atoms with Crippen LogP contribution in [0.1, 0.15) is 25.0 Å². The van der Waals surface area contributed by atoms with Crippen molar-refractivity contribution in [2.24, 2.45) is 0 Å². The van der Waals surface area contributed by atoms with E-state index in [-0.39, 0.29) is 5.41 Å². The highest BCUT2D eigenvalue weighted by atomic mass is 16.3. The van der Waals surface area contributed by atoms with Crippen LogP contribution in [-0.4, -0.2) is 0 Å². The molecule has 0 amide bonds. The minimum atomic E-state index is -0.0527. The van der Waals surface area contributed by atoms with Crippen molar-refractivity contribution >= 4 is 60.9 Å². The molecule has 1 aliphatic rings. The highest BCUT2D eigenvalue weighted by Crippen LogP contribution is 2.50. The molecule has 2 heterocycles. The van der Waals surface area contributed by atoms with E-state index in [0.717, 1.165) is 83.2 Å². The van der Waals surface area contributed by atoms with E-state index in [1.807, 2.05) is 24.3 Å². The Balaban J connectivity index is 0.937. The molecule has 11 aromatic rings. The smallest absolute Gasteiger partial charge is 0.143 e. The molecule has 0 radical (unpaired) electrons. The van der Waals surface area contributed by atoms with Crippen LogP contribution in [0.2, 0.25) is 0 Å². The third-order valence-corrected chi connectivity index (χ3v) is 12.7. The van der Waals surface area contributed by atoms with Gasteiger partial charge < -0.3 is 13.7 Å². The number of nitrogens with zero attached hydrogens (tertiary/aromatic N) is 1. The lowest BCUT2D eigenvalue weighted by Gasteiger charge is -2.26. The van der Waals surface area contributed by atoms with Gasteiger partial charge in [0.15, 0.2) is 0 Å². The topological polar surface area (TPSA) is 29.5 Å². The van der Waals surface area contributed by atoms with E-state index >= 15 is 0 Å². The van der Waals surface area contributed by atoms with Gasteiger partial charge in [-0.25, -0.2) is 0 Å². The fraction of sp³-hybridized carbons (Fsp3) is 0.0526. The van der Waals surface area contributed by atoms with Gasteiger partial charge in [-0.2, -0.15) is 0 Å². The number of fused-ring (bicyclic) bond motifs is 9. The minimum Gasteiger partial charge on any atom is -0.455 e. The second-order valence-electron chi connectivity index (χ2n) is 16.5. The fourth-order valence-electron chi connectivity index (χ4n) is 9.66. The van der Waals surface area contributed by atoms with Gasteiger partial charge in [0.2, 0.25) is 0 Å². The van der Waals surface area contributed by atoms with Gasteiger partial charge in [-0.05, 0) is 99.1 Å². The predicted molar refractivity (Wildman–Crippen MR) is 250 cm³/mol. The van der Waals surface area contributed by atoms with Gasteiger partial charge in [-0.15, -0.1) is 0 Å². The summed E-state index contributed by atoms with van der Waals surface area (Å²) >= 11 is 0. The number of hydrogen-bond acceptors (Lipinski definition) is 3. The van der Waals surface area contributed by atoms with Crippen LogP contribution in [-0.2, 0) is 5.41 Å². The van der Waals surface area contributed by atoms with E-state index in [1.54, 1.807) is 0 Å². The Morgan fingerprint density at radius 2 is 0.750 bits per heavy atom. The number of hydrogen-bond donors (Lipinski definition) is 0. The number of para-hydroxylation sites is 4. The van der Waals surface area contributed by atoms with Gasteiger partial charge in [0.25, 0.3) is 0 Å². The summed E-state index contributed by atoms with van der Waals surface area (Å²) in [6.07, 6.45) is 0. The lowest BCUT2D eigenvalue weighted by atomic mass is 9.81. The van der Waals surface area contributed by atoms with Crippen molar-refractivity contribution in [1.29, 1.82) is 0 Å². The average Bonchev–Trinajstić information content (AvgIpc) is 3.95. The zero-order valence-corrected chi connectivity index (χ0v) is 33.3. The first-order chi connectivity index (χ1) is 29.5. The second kappa shape index (κ2) is 13.2. The summed E-state index contributed by atoms with van der Waals surface area (Å²) in [5, 5.41) is 4.52. The number of anilines is 3. The molecule has 3 heteroatoms. The summed E-state index contributed by atoms with van der Waals surface area (Å²) < 4.78 is 12.9. The van der Waals surface area contributed by atoms with E-state index in [1.165, 1.54) is 33.4 Å². The third kappa shape index (κ3) is 5.29. The Hall–Kier alpha value is -7.62. The molecule has 0 unspecified atom stereocenters. The molecule has 0 aliphatic heterocycles. The maximum Gasteiger partial charge on any atom is 0.143 e. The van der Waals surface area contributed by atoms with Crippen LogP contribution in [0.3, 0.4) is 0 Å². The molecule has 0 fully saturated rings. The van der Waals surface area contributed by atoms with Crippen molar-refractivity contribution in [3.63, 3.8) is 0 Å². The van der Waals surface area contributed by atoms with Gasteiger partial charge in [-0.3, -0.25) is 0 Å². The van der Waals surface area contributed by atoms with Crippen LogP contribution in [0.15, 0.2) is 209 Å². The van der Waals surface area contributed by atoms with Gasteiger partial charge in [-0.1, -0.05) is 159 Å². The molecule has 0 bridgehead atoms. The largest absolute Gasteiger partial charge is 0.455 e. The maximum absolute atomic E-state index is 6.43. The van der Waals surface area contributed by atoms with Crippen molar-refractivity contribution in [2.75, 3.05) is 4.90 Å². The normalized spacial score (nSPS) is 13.0. The molecule has 284 valence electrons. The Labute approximate surface area is 348 Å². The van der Waals surface area contributed by atoms with Crippen molar-refractivity contribution in [3.8, 4) is 44.5 Å². The van der Waals surface area contributed by atoms with Gasteiger partial charge in [0, 0.05) is 55.1 Å². The maximum atomic E-state index is 6.43. The van der Waals surface area contributed by atoms with Crippen molar-refractivity contribution < 1.29 is 8.83 Å². The van der Waals surface area contributed by atoms with Crippen LogP contribution >= 0.6 is 0 Å². The first kappa shape index (κ1) is 34.4. The SMILES string of the molecule is CC1(C)c2ccccc2-c2ccc(-c3ccc(N(c4ccc(-c5cccc6c5oc5ccccc56)cc4)c4ccc(-c5cccc6c5oc5ccccc56)cc4)cc3)cc21. The molecule has 1 aliphatic carbocycles. The van der Waals surface area contributed by atoms with E-state index in [4.69, 9.17) is 8.83 Å². The molecule has 0 spiro atoms. The quantitative estimate of drug-likeness (QED) is 0.169. The molecule has 0 N–H and O–H groups in total. The van der Waals surface area contributed by atoms with Crippen molar-refractivity contribution in [2.45, 2.75) is 19.3 Å². The molecule has 2 aromatic heterocycles. The Morgan fingerprint density at radius 1 is 0.333 bits per heavy atom. The first-order valence-corrected chi connectivity index (χ1v) is 20.7. The lowest BCUT2D eigenvalue weighted by molar-refractivity contribution is 0.660. The third-order valence-electron chi connectivity index (χ3n) is 12.7. The average molecular weight is 770 g/mol. The van der Waals surface area contributed by atoms with E-state index < -0.39 is 0 Å². The first-order valence-electron chi connectivity index (χ1n) is 20.7. The van der Waals surface area contributed by atoms with E-state index in [0.29, 0.717) is 0 Å². The van der Waals surface area contributed by atoms with Crippen molar-refractivity contribution in [1.82, 2.24) is 0 Å². The number of furan rings is 2. The molecule has 60 heavy (non-hydrogen) atoms. The standard InChI is InChI=1S/C57H39NO2/c1-57(2)51-18-6-3-11-45(51)46-34-27-39(35-52(46)57)36-21-28-40(29-22-36)58(41-30-23-37(24-31-41)43-14-9-16-49-47-12-4-7-19-53(47)59-55(43)49)42-32-25-38(26-33-42)44-15-10-17-50-48-13-5-8-20-54(48)60-56(44)50/h3-35H,1-2H3. The van der Waals surface area contributed by atoms with E-state index in [2.05, 4.69) is 195 Å². The Kier molecular flexibility index (Phi) is 7.58. The number of rotatable bonds is 6. The van der Waals surface area contributed by atoms with Gasteiger partial charge in [0.1, 0.15) is 22.3 Å². The van der Waals surface area contributed by atoms with Crippen LogP contribution in [0, 0.1) is 0 Å². The summed E-state index contributed by atoms with van der Waals surface area (Å²) in [5.74, 6) is 0. The van der Waals surface area contributed by atoms with Crippen LogP contribution in [0.4, 0.5) is 17.1 Å². The number of benzene rings is 9. The lowest BCUT2D eigenvalue weighted by Crippen LogP contribution is -2.14. The van der Waals surface area contributed by atoms with Crippen LogP contribution < -0.4 is 4.90 Å². The van der Waals surface area contributed by atoms with Gasteiger partial charge in [0.05, 0.1) is 0 Å². The molecule has 0 saturated carbocycles. The summed E-state index contributed by atoms with van der Waals surface area (Å²) in [7, 11) is 0. The monoisotopic (exact) mass is 769 g/mol. The highest BCUT2D eigenvalue weighted by molar-refractivity contribution is 6.10.